The molecule has 13 heteroatoms. The van der Waals surface area contributed by atoms with Crippen LogP contribution in [0.25, 0.3) is 11.3 Å². The lowest BCUT2D eigenvalue weighted by molar-refractivity contribution is -0.129. The summed E-state index contributed by atoms with van der Waals surface area (Å²) in [4.78, 5) is 26.1. The maximum Gasteiger partial charge on any atom is 0.337 e. The maximum absolute atomic E-state index is 13.4. The maximum atomic E-state index is 13.4. The Morgan fingerprint density at radius 3 is 2.18 bits per heavy atom. The number of furan rings is 1. The zero-order chi connectivity index (χ0) is 28.3. The molecule has 0 aliphatic carbocycles. The van der Waals surface area contributed by atoms with Crippen LogP contribution < -0.4 is 14.2 Å². The Bertz CT molecular complexity index is 1440. The van der Waals surface area contributed by atoms with Crippen LogP contribution in [-0.2, 0) is 32.6 Å². The highest BCUT2D eigenvalue weighted by molar-refractivity contribution is 8.12. The molecule has 2 heterocycles. The largest absolute Gasteiger partial charge is 0.493 e. The summed E-state index contributed by atoms with van der Waals surface area (Å²) in [5, 5.41) is -0.820. The van der Waals surface area contributed by atoms with E-state index in [9.17, 15) is 22.6 Å². The van der Waals surface area contributed by atoms with Crippen LogP contribution in [0, 0.1) is 0 Å². The molecule has 39 heavy (non-hydrogen) atoms. The van der Waals surface area contributed by atoms with E-state index in [1.807, 2.05) is 0 Å². The second-order valence-electron chi connectivity index (χ2n) is 8.49. The SMILES string of the molecule is COC(=O)c1ccc(-c2ccc(CC3SC(S(=O)(=O)O)N(Cc4cc(OC)c(OC)c(OC)c4)C3=O)o2)cc1. The van der Waals surface area contributed by atoms with Crippen LogP contribution in [0.2, 0.25) is 0 Å². The molecule has 1 aliphatic heterocycles. The second kappa shape index (κ2) is 11.6. The van der Waals surface area contributed by atoms with E-state index in [2.05, 4.69) is 0 Å². The number of esters is 1. The molecule has 4 rings (SSSR count). The zero-order valence-electron chi connectivity index (χ0n) is 21.6. The predicted octanol–water partition coefficient (Wildman–Crippen LogP) is 3.62. The van der Waals surface area contributed by atoms with Gasteiger partial charge < -0.3 is 28.3 Å². The van der Waals surface area contributed by atoms with Crippen LogP contribution >= 0.6 is 11.8 Å². The fraction of sp³-hybridized carbons (Fsp3) is 0.308. The van der Waals surface area contributed by atoms with Crippen LogP contribution in [0.4, 0.5) is 0 Å². The minimum Gasteiger partial charge on any atom is -0.493 e. The predicted molar refractivity (Wildman–Crippen MR) is 143 cm³/mol. The van der Waals surface area contributed by atoms with Gasteiger partial charge in [0.05, 0.1) is 39.3 Å². The summed E-state index contributed by atoms with van der Waals surface area (Å²) < 4.78 is 59.5. The molecule has 0 radical (unpaired) electrons. The summed E-state index contributed by atoms with van der Waals surface area (Å²) in [5.41, 5.74) is 1.62. The summed E-state index contributed by atoms with van der Waals surface area (Å²) >= 11 is 0.828. The van der Waals surface area contributed by atoms with Crippen molar-refractivity contribution < 1.29 is 45.9 Å². The molecule has 1 N–H and O–H groups in total. The number of carbonyl (C=O) groups is 2. The minimum atomic E-state index is -4.61. The van der Waals surface area contributed by atoms with Gasteiger partial charge in [0.1, 0.15) is 11.5 Å². The van der Waals surface area contributed by atoms with E-state index in [1.165, 1.54) is 28.4 Å². The van der Waals surface area contributed by atoms with Crippen molar-refractivity contribution in [3.05, 3.63) is 65.4 Å². The first-order valence-electron chi connectivity index (χ1n) is 11.6. The van der Waals surface area contributed by atoms with Crippen molar-refractivity contribution >= 4 is 33.8 Å². The highest BCUT2D eigenvalue weighted by Crippen LogP contribution is 2.41. The first-order chi connectivity index (χ1) is 18.6. The Kier molecular flexibility index (Phi) is 8.42. The van der Waals surface area contributed by atoms with Crippen LogP contribution in [-0.4, -0.2) is 68.1 Å². The molecule has 0 bridgehead atoms. The number of thioether (sulfide) groups is 1. The minimum absolute atomic E-state index is 0.0987. The fourth-order valence-corrected chi connectivity index (χ4v) is 6.80. The van der Waals surface area contributed by atoms with Gasteiger partial charge in [-0.3, -0.25) is 9.35 Å². The molecule has 1 aromatic heterocycles. The van der Waals surface area contributed by atoms with Crippen LogP contribution in [0.15, 0.2) is 52.9 Å². The van der Waals surface area contributed by atoms with Crippen molar-refractivity contribution in [2.24, 2.45) is 0 Å². The lowest BCUT2D eigenvalue weighted by Gasteiger charge is -2.22. The lowest BCUT2D eigenvalue weighted by Crippen LogP contribution is -2.38. The van der Waals surface area contributed by atoms with Gasteiger partial charge in [0.25, 0.3) is 10.1 Å². The van der Waals surface area contributed by atoms with Gasteiger partial charge in [-0.1, -0.05) is 12.1 Å². The van der Waals surface area contributed by atoms with Crippen molar-refractivity contribution in [1.82, 2.24) is 4.90 Å². The topological polar surface area (TPSA) is 142 Å². The Balaban J connectivity index is 1.55. The Labute approximate surface area is 229 Å². The van der Waals surface area contributed by atoms with Gasteiger partial charge in [-0.15, -0.1) is 11.8 Å². The summed E-state index contributed by atoms with van der Waals surface area (Å²) in [7, 11) is 1.03. The fourth-order valence-electron chi connectivity index (χ4n) is 4.22. The molecule has 208 valence electrons. The van der Waals surface area contributed by atoms with E-state index < -0.39 is 32.0 Å². The number of nitrogens with zero attached hydrogens (tertiary/aromatic N) is 1. The molecule has 1 fully saturated rings. The van der Waals surface area contributed by atoms with E-state index in [0.717, 1.165) is 16.7 Å². The standard InChI is InChI=1S/C26H27NO10S2/c1-33-20-11-15(12-21(34-2)23(20)35-3)14-27-24(28)22(38-26(27)39(30,31)32)13-18-9-10-19(37-18)16-5-7-17(8-6-16)25(29)36-4/h5-12,22,26H,13-14H2,1-4H3,(H,30,31,32). The van der Waals surface area contributed by atoms with Crippen molar-refractivity contribution in [3.63, 3.8) is 0 Å². The second-order valence-corrected chi connectivity index (χ2v) is 11.5. The number of hydrogen-bond acceptors (Lipinski definition) is 10. The number of ether oxygens (including phenoxy) is 4. The summed E-state index contributed by atoms with van der Waals surface area (Å²) in [6, 6.07) is 13.3. The quantitative estimate of drug-likeness (QED) is 0.279. The number of hydrogen-bond donors (Lipinski definition) is 1. The molecular formula is C26H27NO10S2. The molecule has 1 amide bonds. The van der Waals surface area contributed by atoms with Crippen LogP contribution in [0.5, 0.6) is 17.2 Å². The number of rotatable bonds is 10. The van der Waals surface area contributed by atoms with Gasteiger partial charge in [-0.2, -0.15) is 8.42 Å². The third-order valence-electron chi connectivity index (χ3n) is 6.06. The van der Waals surface area contributed by atoms with E-state index in [1.54, 1.807) is 48.5 Å². The van der Waals surface area contributed by atoms with Crippen molar-refractivity contribution in [3.8, 4) is 28.6 Å². The summed E-state index contributed by atoms with van der Waals surface area (Å²) in [6.07, 6.45) is 0.0987. The van der Waals surface area contributed by atoms with E-state index >= 15 is 0 Å². The van der Waals surface area contributed by atoms with Gasteiger partial charge in [-0.25, -0.2) is 4.79 Å². The van der Waals surface area contributed by atoms with E-state index in [-0.39, 0.29) is 13.0 Å². The van der Waals surface area contributed by atoms with Gasteiger partial charge >= 0.3 is 5.97 Å². The smallest absolute Gasteiger partial charge is 0.337 e. The number of amides is 1. The summed E-state index contributed by atoms with van der Waals surface area (Å²) in [5.74, 6) is 1.07. The number of benzene rings is 2. The van der Waals surface area contributed by atoms with Crippen molar-refractivity contribution in [2.45, 2.75) is 22.9 Å². The third-order valence-corrected chi connectivity index (χ3v) is 9.08. The molecule has 1 saturated heterocycles. The monoisotopic (exact) mass is 577 g/mol. The van der Waals surface area contributed by atoms with Gasteiger partial charge in [0.15, 0.2) is 11.5 Å². The Morgan fingerprint density at radius 2 is 1.64 bits per heavy atom. The van der Waals surface area contributed by atoms with Gasteiger partial charge in [0.2, 0.25) is 16.4 Å². The third kappa shape index (κ3) is 6.00. The molecular weight excluding hydrogens is 550 g/mol. The van der Waals surface area contributed by atoms with Crippen LogP contribution in [0.1, 0.15) is 21.7 Å². The summed E-state index contributed by atoms with van der Waals surface area (Å²) in [6.45, 7) is -0.126. The molecule has 2 aromatic carbocycles. The van der Waals surface area contributed by atoms with Crippen molar-refractivity contribution in [1.29, 1.82) is 0 Å². The van der Waals surface area contributed by atoms with E-state index in [4.69, 9.17) is 23.4 Å². The Hall–Kier alpha value is -3.68. The molecule has 0 saturated carbocycles. The number of carbonyl (C=O) groups excluding carboxylic acids is 2. The highest BCUT2D eigenvalue weighted by Gasteiger charge is 2.47. The zero-order valence-corrected chi connectivity index (χ0v) is 23.2. The van der Waals surface area contributed by atoms with Gasteiger partial charge in [-0.05, 0) is 42.0 Å². The highest BCUT2D eigenvalue weighted by atomic mass is 32.3. The average molecular weight is 578 g/mol. The first-order valence-corrected chi connectivity index (χ1v) is 14.0. The van der Waals surface area contributed by atoms with Crippen LogP contribution in [0.3, 0.4) is 0 Å². The molecule has 0 spiro atoms. The molecule has 11 nitrogen and oxygen atoms in total. The lowest BCUT2D eigenvalue weighted by atomic mass is 10.1. The molecule has 3 aromatic rings. The number of methoxy groups -OCH3 is 4. The first kappa shape index (κ1) is 28.3. The Morgan fingerprint density at radius 1 is 1.00 bits per heavy atom. The molecule has 2 unspecified atom stereocenters. The van der Waals surface area contributed by atoms with E-state index in [0.29, 0.717) is 45.5 Å². The molecule has 1 aliphatic rings. The van der Waals surface area contributed by atoms with Crippen molar-refractivity contribution in [2.75, 3.05) is 28.4 Å². The normalized spacial score (nSPS) is 17.3. The van der Waals surface area contributed by atoms with Gasteiger partial charge in [0, 0.05) is 18.5 Å². The molecule has 2 atom stereocenters. The average Bonchev–Trinajstić information content (AvgIpc) is 3.52.